The van der Waals surface area contributed by atoms with Crippen LogP contribution in [0.15, 0.2) is 23.0 Å². The molecule has 0 aliphatic carbocycles. The van der Waals surface area contributed by atoms with Gasteiger partial charge in [0.15, 0.2) is 9.84 Å². The van der Waals surface area contributed by atoms with Gasteiger partial charge in [-0.3, -0.25) is 0 Å². The van der Waals surface area contributed by atoms with Crippen molar-refractivity contribution in [3.63, 3.8) is 0 Å². The topological polar surface area (TPSA) is 62.6 Å². The van der Waals surface area contributed by atoms with Crippen LogP contribution in [-0.2, 0) is 16.4 Å². The molecule has 0 bridgehead atoms. The smallest absolute Gasteiger partial charge is 0.151 e. The van der Waals surface area contributed by atoms with Crippen molar-refractivity contribution in [1.82, 2.24) is 10.2 Å². The summed E-state index contributed by atoms with van der Waals surface area (Å²) in [5, 5.41) is 3.30. The average Bonchev–Trinajstić information content (AvgIpc) is 2.88. The molecule has 18 heavy (non-hydrogen) atoms. The van der Waals surface area contributed by atoms with Crippen LogP contribution < -0.4 is 5.32 Å². The highest BCUT2D eigenvalue weighted by Gasteiger charge is 2.27. The summed E-state index contributed by atoms with van der Waals surface area (Å²) in [6.45, 7) is 2.55. The normalized spacial score (nSPS) is 22.7. The van der Waals surface area contributed by atoms with Crippen LogP contribution in [0.25, 0.3) is 0 Å². The standard InChI is InChI=1S/C12H20N2O3S/c1-14(8-11-2-6-17-9-11)5-4-13-12-3-7-18(15,16)10-12/h2,6,9,12-13H,3-5,7-8,10H2,1H3. The first-order valence-electron chi connectivity index (χ1n) is 6.18. The van der Waals surface area contributed by atoms with Gasteiger partial charge >= 0.3 is 0 Å². The lowest BCUT2D eigenvalue weighted by atomic mass is 10.2. The van der Waals surface area contributed by atoms with Crippen molar-refractivity contribution < 1.29 is 12.8 Å². The monoisotopic (exact) mass is 272 g/mol. The van der Waals surface area contributed by atoms with Gasteiger partial charge in [-0.25, -0.2) is 8.42 Å². The molecule has 0 amide bonds. The van der Waals surface area contributed by atoms with Crippen LogP contribution in [0.1, 0.15) is 12.0 Å². The molecule has 0 saturated carbocycles. The molecule has 1 fully saturated rings. The van der Waals surface area contributed by atoms with Gasteiger partial charge in [-0.15, -0.1) is 0 Å². The van der Waals surface area contributed by atoms with E-state index < -0.39 is 9.84 Å². The maximum absolute atomic E-state index is 11.3. The van der Waals surface area contributed by atoms with Gasteiger partial charge in [-0.2, -0.15) is 0 Å². The molecular formula is C12H20N2O3S. The number of likely N-dealkylation sites (N-methyl/N-ethyl adjacent to an activating group) is 1. The van der Waals surface area contributed by atoms with Crippen molar-refractivity contribution in [2.45, 2.75) is 19.0 Å². The van der Waals surface area contributed by atoms with Crippen LogP contribution in [-0.4, -0.2) is 51.0 Å². The summed E-state index contributed by atoms with van der Waals surface area (Å²) in [4.78, 5) is 2.18. The SMILES string of the molecule is CN(CCNC1CCS(=O)(=O)C1)Cc1ccoc1. The first kappa shape index (κ1) is 13.6. The van der Waals surface area contributed by atoms with Crippen molar-refractivity contribution in [3.05, 3.63) is 24.2 Å². The number of nitrogens with zero attached hydrogens (tertiary/aromatic N) is 1. The molecule has 6 heteroatoms. The number of nitrogens with one attached hydrogen (secondary N) is 1. The Morgan fingerprint density at radius 1 is 1.56 bits per heavy atom. The number of furan rings is 1. The van der Waals surface area contributed by atoms with Crippen LogP contribution in [0.5, 0.6) is 0 Å². The molecule has 2 rings (SSSR count). The van der Waals surface area contributed by atoms with Crippen LogP contribution >= 0.6 is 0 Å². The molecule has 0 radical (unpaired) electrons. The molecule has 1 aromatic heterocycles. The summed E-state index contributed by atoms with van der Waals surface area (Å²) >= 11 is 0. The van der Waals surface area contributed by atoms with Gasteiger partial charge in [0, 0.05) is 31.2 Å². The van der Waals surface area contributed by atoms with Gasteiger partial charge in [-0.05, 0) is 19.5 Å². The van der Waals surface area contributed by atoms with E-state index in [1.54, 1.807) is 12.5 Å². The fourth-order valence-corrected chi connectivity index (χ4v) is 3.90. The van der Waals surface area contributed by atoms with E-state index >= 15 is 0 Å². The van der Waals surface area contributed by atoms with Gasteiger partial charge in [0.05, 0.1) is 24.0 Å². The minimum absolute atomic E-state index is 0.136. The van der Waals surface area contributed by atoms with E-state index in [4.69, 9.17) is 4.42 Å². The Morgan fingerprint density at radius 3 is 3.00 bits per heavy atom. The highest BCUT2D eigenvalue weighted by Crippen LogP contribution is 2.10. The van der Waals surface area contributed by atoms with Crippen molar-refractivity contribution in [2.75, 3.05) is 31.6 Å². The Kier molecular flexibility index (Phi) is 4.42. The summed E-state index contributed by atoms with van der Waals surface area (Å²) in [6.07, 6.45) is 4.16. The fourth-order valence-electron chi connectivity index (χ4n) is 2.19. The van der Waals surface area contributed by atoms with Crippen molar-refractivity contribution >= 4 is 9.84 Å². The molecule has 0 aromatic carbocycles. The second-order valence-electron chi connectivity index (χ2n) is 4.92. The van der Waals surface area contributed by atoms with Gasteiger partial charge in [0.1, 0.15) is 0 Å². The van der Waals surface area contributed by atoms with Crippen molar-refractivity contribution in [3.8, 4) is 0 Å². The third-order valence-electron chi connectivity index (χ3n) is 3.19. The van der Waals surface area contributed by atoms with E-state index in [9.17, 15) is 8.42 Å². The Bertz CT molecular complexity index is 456. The van der Waals surface area contributed by atoms with E-state index in [-0.39, 0.29) is 6.04 Å². The Morgan fingerprint density at radius 2 is 2.39 bits per heavy atom. The Hall–Kier alpha value is -0.850. The molecular weight excluding hydrogens is 252 g/mol. The zero-order chi connectivity index (χ0) is 13.0. The quantitative estimate of drug-likeness (QED) is 0.816. The first-order valence-corrected chi connectivity index (χ1v) is 8.01. The molecule has 1 unspecified atom stereocenters. The highest BCUT2D eigenvalue weighted by atomic mass is 32.2. The molecule has 0 spiro atoms. The molecule has 1 N–H and O–H groups in total. The highest BCUT2D eigenvalue weighted by molar-refractivity contribution is 7.91. The first-order chi connectivity index (χ1) is 8.55. The molecule has 1 atom stereocenters. The van der Waals surface area contributed by atoms with Crippen LogP contribution in [0.4, 0.5) is 0 Å². The van der Waals surface area contributed by atoms with E-state index in [0.29, 0.717) is 11.5 Å². The maximum Gasteiger partial charge on any atom is 0.151 e. The lowest BCUT2D eigenvalue weighted by molar-refractivity contribution is 0.317. The van der Waals surface area contributed by atoms with E-state index in [1.165, 1.54) is 0 Å². The predicted molar refractivity (Wildman–Crippen MR) is 70.1 cm³/mol. The molecule has 102 valence electrons. The molecule has 1 aromatic rings. The molecule has 1 aliphatic rings. The third kappa shape index (κ3) is 4.12. The fraction of sp³-hybridized carbons (Fsp3) is 0.667. The third-order valence-corrected chi connectivity index (χ3v) is 4.96. The van der Waals surface area contributed by atoms with Gasteiger partial charge in [0.2, 0.25) is 0 Å². The van der Waals surface area contributed by atoms with Crippen LogP contribution in [0, 0.1) is 0 Å². The number of hydrogen-bond donors (Lipinski definition) is 1. The lowest BCUT2D eigenvalue weighted by Gasteiger charge is -2.17. The molecule has 5 nitrogen and oxygen atoms in total. The number of rotatable bonds is 6. The zero-order valence-corrected chi connectivity index (χ0v) is 11.4. The van der Waals surface area contributed by atoms with Gasteiger partial charge in [0.25, 0.3) is 0 Å². The summed E-state index contributed by atoms with van der Waals surface area (Å²) < 4.78 is 27.6. The van der Waals surface area contributed by atoms with Crippen LogP contribution in [0.2, 0.25) is 0 Å². The van der Waals surface area contributed by atoms with Crippen molar-refractivity contribution in [1.29, 1.82) is 0 Å². The summed E-state index contributed by atoms with van der Waals surface area (Å²) in [5.74, 6) is 0.619. The zero-order valence-electron chi connectivity index (χ0n) is 10.6. The van der Waals surface area contributed by atoms with Gasteiger partial charge in [-0.1, -0.05) is 0 Å². The lowest BCUT2D eigenvalue weighted by Crippen LogP contribution is -2.36. The van der Waals surface area contributed by atoms with Crippen LogP contribution in [0.3, 0.4) is 0 Å². The summed E-state index contributed by atoms with van der Waals surface area (Å²) in [5.41, 5.74) is 1.15. The summed E-state index contributed by atoms with van der Waals surface area (Å²) in [6, 6.07) is 2.09. The molecule has 2 heterocycles. The number of sulfone groups is 1. The summed E-state index contributed by atoms with van der Waals surface area (Å²) in [7, 11) is -0.734. The van der Waals surface area contributed by atoms with Gasteiger partial charge < -0.3 is 14.6 Å². The minimum atomic E-state index is -2.78. The predicted octanol–water partition coefficient (Wildman–Crippen LogP) is 0.488. The van der Waals surface area contributed by atoms with E-state index in [0.717, 1.165) is 31.6 Å². The Labute approximate surface area is 108 Å². The molecule has 1 aliphatic heterocycles. The van der Waals surface area contributed by atoms with E-state index in [1.807, 2.05) is 13.1 Å². The molecule has 1 saturated heterocycles. The van der Waals surface area contributed by atoms with Crippen molar-refractivity contribution in [2.24, 2.45) is 0 Å². The average molecular weight is 272 g/mol. The largest absolute Gasteiger partial charge is 0.472 e. The maximum atomic E-state index is 11.3. The number of hydrogen-bond acceptors (Lipinski definition) is 5. The Balaban J connectivity index is 1.63. The second kappa shape index (κ2) is 5.86. The minimum Gasteiger partial charge on any atom is -0.472 e. The second-order valence-corrected chi connectivity index (χ2v) is 7.15. The van der Waals surface area contributed by atoms with E-state index in [2.05, 4.69) is 10.2 Å².